The highest BCUT2D eigenvalue weighted by molar-refractivity contribution is 5.53. The van der Waals surface area contributed by atoms with Crippen LogP contribution >= 0.6 is 0 Å². The summed E-state index contributed by atoms with van der Waals surface area (Å²) in [6.07, 6.45) is 6.25. The third-order valence-electron chi connectivity index (χ3n) is 3.63. The molecule has 0 amide bonds. The molecule has 100 valence electrons. The summed E-state index contributed by atoms with van der Waals surface area (Å²) in [6, 6.07) is 2.57. The van der Waals surface area contributed by atoms with Gasteiger partial charge in [0.25, 0.3) is 0 Å². The van der Waals surface area contributed by atoms with Crippen molar-refractivity contribution in [2.24, 2.45) is 0 Å². The Balaban J connectivity index is 2.29. The first-order valence-corrected chi connectivity index (χ1v) is 6.83. The van der Waals surface area contributed by atoms with E-state index in [9.17, 15) is 0 Å². The van der Waals surface area contributed by atoms with Crippen LogP contribution < -0.4 is 16.0 Å². The summed E-state index contributed by atoms with van der Waals surface area (Å²) in [5, 5.41) is 3.04. The number of anilines is 3. The van der Waals surface area contributed by atoms with Gasteiger partial charge in [-0.25, -0.2) is 0 Å². The van der Waals surface area contributed by atoms with Crippen molar-refractivity contribution in [2.45, 2.75) is 45.1 Å². The van der Waals surface area contributed by atoms with E-state index in [1.54, 1.807) is 0 Å². The first kappa shape index (κ1) is 12.9. The summed E-state index contributed by atoms with van der Waals surface area (Å²) < 4.78 is 0. The van der Waals surface area contributed by atoms with Gasteiger partial charge in [0.2, 0.25) is 5.95 Å². The topological polar surface area (TPSA) is 67.1 Å². The van der Waals surface area contributed by atoms with Gasteiger partial charge in [-0.2, -0.15) is 9.97 Å². The molecule has 1 aliphatic rings. The maximum atomic E-state index is 5.78. The van der Waals surface area contributed by atoms with E-state index in [-0.39, 0.29) is 0 Å². The molecule has 1 aliphatic heterocycles. The van der Waals surface area contributed by atoms with E-state index in [0.29, 0.717) is 12.0 Å². The molecule has 1 aromatic heterocycles. The number of nitrogens with zero attached hydrogens (tertiary/aromatic N) is 3. The number of aromatic nitrogens is 2. The lowest BCUT2D eigenvalue weighted by atomic mass is 10.1. The predicted octanol–water partition coefficient (Wildman–Crippen LogP) is 2.26. The fourth-order valence-corrected chi connectivity index (χ4v) is 2.63. The molecule has 3 N–H and O–H groups in total. The Morgan fingerprint density at radius 3 is 2.94 bits per heavy atom. The van der Waals surface area contributed by atoms with Crippen LogP contribution in [0.1, 0.15) is 39.0 Å². The summed E-state index contributed by atoms with van der Waals surface area (Å²) in [5.41, 5.74) is 5.78. The van der Waals surface area contributed by atoms with Crippen LogP contribution in [0, 0.1) is 0 Å². The van der Waals surface area contributed by atoms with Crippen LogP contribution in [0.15, 0.2) is 6.07 Å². The van der Waals surface area contributed by atoms with E-state index < -0.39 is 0 Å². The molecule has 1 saturated heterocycles. The van der Waals surface area contributed by atoms with E-state index in [0.717, 1.165) is 24.6 Å². The van der Waals surface area contributed by atoms with Gasteiger partial charge in [0.05, 0.1) is 0 Å². The average molecular weight is 249 g/mol. The second-order valence-corrected chi connectivity index (χ2v) is 4.82. The Labute approximate surface area is 109 Å². The van der Waals surface area contributed by atoms with Crippen LogP contribution in [0.3, 0.4) is 0 Å². The van der Waals surface area contributed by atoms with Crippen LogP contribution in [0.5, 0.6) is 0 Å². The van der Waals surface area contributed by atoms with Gasteiger partial charge in [-0.15, -0.1) is 0 Å². The van der Waals surface area contributed by atoms with Crippen molar-refractivity contribution in [2.75, 3.05) is 29.5 Å². The van der Waals surface area contributed by atoms with Crippen LogP contribution in [0.25, 0.3) is 0 Å². The highest BCUT2D eigenvalue weighted by atomic mass is 15.2. The first-order valence-electron chi connectivity index (χ1n) is 6.83. The molecule has 5 heteroatoms. The number of hydrogen-bond acceptors (Lipinski definition) is 5. The summed E-state index contributed by atoms with van der Waals surface area (Å²) >= 11 is 0. The fourth-order valence-electron chi connectivity index (χ4n) is 2.63. The molecule has 2 rings (SSSR count). The molecule has 0 aromatic carbocycles. The molecule has 1 fully saturated rings. The standard InChI is InChI=1S/C13H23N5/c1-3-10-7-5-4-6-8-18(10)12-9-11(15-2)16-13(14)17-12/h9-10H,3-8H2,1-2H3,(H3,14,15,16,17). The van der Waals surface area contributed by atoms with Gasteiger partial charge in [0.1, 0.15) is 11.6 Å². The molecular weight excluding hydrogens is 226 g/mol. The summed E-state index contributed by atoms with van der Waals surface area (Å²) in [4.78, 5) is 10.9. The second kappa shape index (κ2) is 5.89. The summed E-state index contributed by atoms with van der Waals surface area (Å²) in [6.45, 7) is 3.31. The van der Waals surface area contributed by atoms with Crippen molar-refractivity contribution in [3.8, 4) is 0 Å². The maximum Gasteiger partial charge on any atom is 0.223 e. The Kier molecular flexibility index (Phi) is 4.23. The molecule has 1 unspecified atom stereocenters. The molecule has 2 heterocycles. The molecule has 18 heavy (non-hydrogen) atoms. The minimum atomic E-state index is 0.343. The van der Waals surface area contributed by atoms with Crippen LogP contribution in [-0.2, 0) is 0 Å². The maximum absolute atomic E-state index is 5.78. The minimum Gasteiger partial charge on any atom is -0.373 e. The van der Waals surface area contributed by atoms with Gasteiger partial charge in [-0.1, -0.05) is 19.8 Å². The third-order valence-corrected chi connectivity index (χ3v) is 3.63. The Bertz CT molecular complexity index is 393. The zero-order chi connectivity index (χ0) is 13.0. The molecule has 0 saturated carbocycles. The zero-order valence-corrected chi connectivity index (χ0v) is 11.3. The van der Waals surface area contributed by atoms with Crippen LogP contribution in [0.2, 0.25) is 0 Å². The number of hydrogen-bond donors (Lipinski definition) is 2. The van der Waals surface area contributed by atoms with Crippen molar-refractivity contribution in [3.05, 3.63) is 6.07 Å². The monoisotopic (exact) mass is 249 g/mol. The van der Waals surface area contributed by atoms with E-state index in [1.165, 1.54) is 25.7 Å². The number of nitrogens with one attached hydrogen (secondary N) is 1. The van der Waals surface area contributed by atoms with Gasteiger partial charge < -0.3 is 16.0 Å². The van der Waals surface area contributed by atoms with Gasteiger partial charge in [-0.05, 0) is 19.3 Å². The third kappa shape index (κ3) is 2.83. The predicted molar refractivity (Wildman–Crippen MR) is 75.9 cm³/mol. The molecule has 5 nitrogen and oxygen atoms in total. The highest BCUT2D eigenvalue weighted by Gasteiger charge is 2.21. The lowest BCUT2D eigenvalue weighted by molar-refractivity contribution is 0.552. The average Bonchev–Trinajstić information content (AvgIpc) is 2.62. The molecule has 1 aromatic rings. The molecule has 0 aliphatic carbocycles. The van der Waals surface area contributed by atoms with Crippen LogP contribution in [-0.4, -0.2) is 29.6 Å². The molecule has 0 spiro atoms. The van der Waals surface area contributed by atoms with Gasteiger partial charge in [-0.3, -0.25) is 0 Å². The molecular formula is C13H23N5. The van der Waals surface area contributed by atoms with Crippen molar-refractivity contribution in [3.63, 3.8) is 0 Å². The van der Waals surface area contributed by atoms with E-state index in [4.69, 9.17) is 5.73 Å². The summed E-state index contributed by atoms with van der Waals surface area (Å²) in [7, 11) is 1.85. The van der Waals surface area contributed by atoms with E-state index >= 15 is 0 Å². The Morgan fingerprint density at radius 1 is 1.39 bits per heavy atom. The van der Waals surface area contributed by atoms with Crippen LogP contribution in [0.4, 0.5) is 17.6 Å². The quantitative estimate of drug-likeness (QED) is 0.860. The number of nitrogens with two attached hydrogens (primary N) is 1. The number of nitrogen functional groups attached to an aromatic ring is 1. The zero-order valence-electron chi connectivity index (χ0n) is 11.3. The first-order chi connectivity index (χ1) is 8.74. The second-order valence-electron chi connectivity index (χ2n) is 4.82. The Morgan fingerprint density at radius 2 is 2.22 bits per heavy atom. The highest BCUT2D eigenvalue weighted by Crippen LogP contribution is 2.26. The summed E-state index contributed by atoms with van der Waals surface area (Å²) in [5.74, 6) is 2.09. The van der Waals surface area contributed by atoms with Crippen molar-refractivity contribution >= 4 is 17.6 Å². The number of rotatable bonds is 3. The van der Waals surface area contributed by atoms with Crippen molar-refractivity contribution < 1.29 is 0 Å². The van der Waals surface area contributed by atoms with Gasteiger partial charge in [0, 0.05) is 25.7 Å². The van der Waals surface area contributed by atoms with E-state index in [2.05, 4.69) is 27.1 Å². The lowest BCUT2D eigenvalue weighted by Gasteiger charge is -2.30. The molecule has 0 radical (unpaired) electrons. The Hall–Kier alpha value is -1.52. The SMILES string of the molecule is CCC1CCCCCN1c1cc(NC)nc(N)n1. The van der Waals surface area contributed by atoms with Crippen molar-refractivity contribution in [1.29, 1.82) is 0 Å². The minimum absolute atomic E-state index is 0.343. The van der Waals surface area contributed by atoms with Crippen molar-refractivity contribution in [1.82, 2.24) is 9.97 Å². The molecule has 1 atom stereocenters. The smallest absolute Gasteiger partial charge is 0.223 e. The normalized spacial score (nSPS) is 20.6. The molecule has 0 bridgehead atoms. The van der Waals surface area contributed by atoms with Gasteiger partial charge >= 0.3 is 0 Å². The van der Waals surface area contributed by atoms with E-state index in [1.807, 2.05) is 13.1 Å². The van der Waals surface area contributed by atoms with Gasteiger partial charge in [0.15, 0.2) is 0 Å². The fraction of sp³-hybridized carbons (Fsp3) is 0.692. The largest absolute Gasteiger partial charge is 0.373 e. The lowest BCUT2D eigenvalue weighted by Crippen LogP contribution is -2.35.